The van der Waals surface area contributed by atoms with Crippen LogP contribution < -0.4 is 15.0 Å². The van der Waals surface area contributed by atoms with Gasteiger partial charge >= 0.3 is 0 Å². The molecule has 5 nitrogen and oxygen atoms in total. The molecule has 6 heteroatoms. The number of hydrogen-bond acceptors (Lipinski definition) is 5. The van der Waals surface area contributed by atoms with Crippen LogP contribution in [-0.2, 0) is 9.59 Å². The second-order valence-corrected chi connectivity index (χ2v) is 7.54. The summed E-state index contributed by atoms with van der Waals surface area (Å²) in [6.07, 6.45) is 0. The van der Waals surface area contributed by atoms with Crippen molar-refractivity contribution < 1.29 is 14.3 Å². The van der Waals surface area contributed by atoms with E-state index in [0.29, 0.717) is 29.3 Å². The van der Waals surface area contributed by atoms with Crippen molar-refractivity contribution in [1.82, 2.24) is 0 Å². The Morgan fingerprint density at radius 1 is 1.00 bits per heavy atom. The Labute approximate surface area is 173 Å². The third kappa shape index (κ3) is 3.67. The number of imide groups is 1. The third-order valence-corrected chi connectivity index (χ3v) is 5.45. The molecule has 1 N–H and O–H groups in total. The van der Waals surface area contributed by atoms with Crippen molar-refractivity contribution in [3.8, 4) is 5.75 Å². The lowest BCUT2D eigenvalue weighted by atomic mass is 10.1. The van der Waals surface area contributed by atoms with Gasteiger partial charge in [-0.3, -0.25) is 9.59 Å². The number of nitrogens with zero attached hydrogens (tertiary/aromatic N) is 1. The fraction of sp³-hybridized carbons (Fsp3) is 0.130. The first-order valence-corrected chi connectivity index (χ1v) is 10.2. The van der Waals surface area contributed by atoms with Crippen molar-refractivity contribution in [1.29, 1.82) is 0 Å². The fourth-order valence-electron chi connectivity index (χ4n) is 3.20. The smallest absolute Gasteiger partial charge is 0.282 e. The average Bonchev–Trinajstić information content (AvgIpc) is 3.31. The van der Waals surface area contributed by atoms with Crippen molar-refractivity contribution in [2.45, 2.75) is 13.8 Å². The summed E-state index contributed by atoms with van der Waals surface area (Å²) >= 11 is 1.43. The number of amides is 2. The molecule has 0 unspecified atom stereocenters. The molecule has 0 saturated carbocycles. The standard InChI is InChI=1S/C23H20N2O3S/c1-3-28-18-7-4-6-16(14-18)24-21-20(19-8-5-13-29-19)22(26)25(23(21)27)17-11-9-15(2)10-12-17/h4-14,24H,3H2,1-2H3. The number of carbonyl (C=O) groups excluding carboxylic acids is 2. The number of carbonyl (C=O) groups is 2. The number of nitrogens with one attached hydrogen (secondary N) is 1. The summed E-state index contributed by atoms with van der Waals surface area (Å²) in [4.78, 5) is 28.5. The number of rotatable bonds is 6. The Morgan fingerprint density at radius 2 is 1.79 bits per heavy atom. The highest BCUT2D eigenvalue weighted by atomic mass is 32.1. The quantitative estimate of drug-likeness (QED) is 0.597. The number of benzene rings is 2. The summed E-state index contributed by atoms with van der Waals surface area (Å²) in [5.74, 6) is -0.00299. The van der Waals surface area contributed by atoms with Crippen molar-refractivity contribution in [2.24, 2.45) is 0 Å². The van der Waals surface area contributed by atoms with Crippen LogP contribution in [0, 0.1) is 6.92 Å². The van der Waals surface area contributed by atoms with Crippen LogP contribution in [0.1, 0.15) is 17.4 Å². The normalized spacial score (nSPS) is 13.9. The molecule has 29 heavy (non-hydrogen) atoms. The molecule has 2 amide bonds. The monoisotopic (exact) mass is 404 g/mol. The van der Waals surface area contributed by atoms with E-state index in [-0.39, 0.29) is 17.5 Å². The zero-order chi connectivity index (χ0) is 20.4. The van der Waals surface area contributed by atoms with E-state index in [4.69, 9.17) is 4.74 Å². The zero-order valence-corrected chi connectivity index (χ0v) is 17.0. The molecule has 2 heterocycles. The van der Waals surface area contributed by atoms with Crippen LogP contribution in [0.3, 0.4) is 0 Å². The molecular formula is C23H20N2O3S. The predicted molar refractivity (Wildman–Crippen MR) is 116 cm³/mol. The largest absolute Gasteiger partial charge is 0.494 e. The third-order valence-electron chi connectivity index (χ3n) is 4.56. The predicted octanol–water partition coefficient (Wildman–Crippen LogP) is 4.85. The highest BCUT2D eigenvalue weighted by Crippen LogP contribution is 2.35. The molecule has 0 atom stereocenters. The lowest BCUT2D eigenvalue weighted by molar-refractivity contribution is -0.120. The molecule has 0 spiro atoms. The van der Waals surface area contributed by atoms with Gasteiger partial charge in [-0.1, -0.05) is 29.8 Å². The fourth-order valence-corrected chi connectivity index (χ4v) is 3.97. The molecule has 0 bridgehead atoms. The lowest BCUT2D eigenvalue weighted by Gasteiger charge is -2.15. The van der Waals surface area contributed by atoms with E-state index in [1.54, 1.807) is 12.1 Å². The summed E-state index contributed by atoms with van der Waals surface area (Å²) in [6, 6.07) is 18.4. The van der Waals surface area contributed by atoms with Gasteiger partial charge in [0.25, 0.3) is 11.8 Å². The summed E-state index contributed by atoms with van der Waals surface area (Å²) < 4.78 is 5.54. The van der Waals surface area contributed by atoms with Crippen molar-refractivity contribution >= 4 is 40.1 Å². The van der Waals surface area contributed by atoms with Crippen LogP contribution in [0.2, 0.25) is 0 Å². The SMILES string of the molecule is CCOc1cccc(NC2=C(c3cccs3)C(=O)N(c3ccc(C)cc3)C2=O)c1. The zero-order valence-electron chi connectivity index (χ0n) is 16.1. The van der Waals surface area contributed by atoms with Gasteiger partial charge in [0.15, 0.2) is 0 Å². The molecule has 0 saturated heterocycles. The van der Waals surface area contributed by atoms with E-state index in [2.05, 4.69) is 5.32 Å². The minimum Gasteiger partial charge on any atom is -0.494 e. The summed E-state index contributed by atoms with van der Waals surface area (Å²) in [6.45, 7) is 4.42. The van der Waals surface area contributed by atoms with Gasteiger partial charge in [0.2, 0.25) is 0 Å². The second-order valence-electron chi connectivity index (χ2n) is 6.59. The first-order valence-electron chi connectivity index (χ1n) is 9.32. The Kier molecular flexibility index (Phi) is 5.18. The van der Waals surface area contributed by atoms with Crippen molar-refractivity contribution in [3.05, 3.63) is 82.2 Å². The van der Waals surface area contributed by atoms with Crippen LogP contribution in [0.15, 0.2) is 71.7 Å². The molecule has 146 valence electrons. The summed E-state index contributed by atoms with van der Waals surface area (Å²) in [5.41, 5.74) is 2.95. The van der Waals surface area contributed by atoms with Crippen LogP contribution >= 0.6 is 11.3 Å². The molecule has 0 radical (unpaired) electrons. The summed E-state index contributed by atoms with van der Waals surface area (Å²) in [7, 11) is 0. The van der Waals surface area contributed by atoms with Gasteiger partial charge < -0.3 is 10.1 Å². The molecule has 1 aromatic heterocycles. The van der Waals surface area contributed by atoms with E-state index in [1.165, 1.54) is 16.2 Å². The van der Waals surface area contributed by atoms with Gasteiger partial charge in [0.05, 0.1) is 17.9 Å². The Balaban J connectivity index is 1.75. The van der Waals surface area contributed by atoms with E-state index < -0.39 is 0 Å². The lowest BCUT2D eigenvalue weighted by Crippen LogP contribution is -2.32. The molecule has 1 aliphatic rings. The summed E-state index contributed by atoms with van der Waals surface area (Å²) in [5, 5.41) is 5.05. The maximum atomic E-state index is 13.3. The maximum absolute atomic E-state index is 13.3. The van der Waals surface area contributed by atoms with Gasteiger partial charge in [0, 0.05) is 16.6 Å². The maximum Gasteiger partial charge on any atom is 0.282 e. The molecule has 1 aliphatic heterocycles. The van der Waals surface area contributed by atoms with Gasteiger partial charge in [-0.25, -0.2) is 4.90 Å². The minimum absolute atomic E-state index is 0.270. The van der Waals surface area contributed by atoms with Gasteiger partial charge in [-0.05, 0) is 49.6 Å². The second kappa shape index (κ2) is 7.93. The molecule has 4 rings (SSSR count). The molecule has 2 aromatic carbocycles. The van der Waals surface area contributed by atoms with E-state index in [0.717, 1.165) is 10.4 Å². The number of hydrogen-bond donors (Lipinski definition) is 1. The van der Waals surface area contributed by atoms with E-state index in [1.807, 2.05) is 67.8 Å². The van der Waals surface area contributed by atoms with Crippen LogP contribution in [0.5, 0.6) is 5.75 Å². The minimum atomic E-state index is -0.371. The molecule has 0 aliphatic carbocycles. The molecule has 0 fully saturated rings. The topological polar surface area (TPSA) is 58.6 Å². The molecular weight excluding hydrogens is 384 g/mol. The highest BCUT2D eigenvalue weighted by Gasteiger charge is 2.40. The van der Waals surface area contributed by atoms with Crippen molar-refractivity contribution in [3.63, 3.8) is 0 Å². The highest BCUT2D eigenvalue weighted by molar-refractivity contribution is 7.11. The first-order chi connectivity index (χ1) is 14.1. The van der Waals surface area contributed by atoms with Crippen LogP contribution in [0.4, 0.5) is 11.4 Å². The van der Waals surface area contributed by atoms with Crippen LogP contribution in [-0.4, -0.2) is 18.4 Å². The van der Waals surface area contributed by atoms with Gasteiger partial charge in [0.1, 0.15) is 11.4 Å². The number of thiophene rings is 1. The first kappa shape index (κ1) is 19.0. The Bertz CT molecular complexity index is 1090. The number of anilines is 2. The van der Waals surface area contributed by atoms with Gasteiger partial charge in [-0.15, -0.1) is 11.3 Å². The van der Waals surface area contributed by atoms with Crippen molar-refractivity contribution in [2.75, 3.05) is 16.8 Å². The Hall–Kier alpha value is -3.38. The number of aryl methyl sites for hydroxylation is 1. The van der Waals surface area contributed by atoms with Gasteiger partial charge in [-0.2, -0.15) is 0 Å². The molecule has 3 aromatic rings. The van der Waals surface area contributed by atoms with E-state index >= 15 is 0 Å². The van der Waals surface area contributed by atoms with E-state index in [9.17, 15) is 9.59 Å². The number of ether oxygens (including phenoxy) is 1. The Morgan fingerprint density at radius 3 is 2.48 bits per heavy atom. The average molecular weight is 404 g/mol. The van der Waals surface area contributed by atoms with Crippen LogP contribution in [0.25, 0.3) is 5.57 Å².